The molecule has 0 aromatic heterocycles. The van der Waals surface area contributed by atoms with E-state index in [4.69, 9.17) is 5.73 Å². The summed E-state index contributed by atoms with van der Waals surface area (Å²) in [5.74, 6) is 0. The van der Waals surface area contributed by atoms with Crippen molar-refractivity contribution in [3.8, 4) is 0 Å². The molecular formula is C17H20N2. The van der Waals surface area contributed by atoms with Crippen molar-refractivity contribution >= 4 is 11.4 Å². The summed E-state index contributed by atoms with van der Waals surface area (Å²) in [5, 5.41) is 0. The molecule has 0 radical (unpaired) electrons. The lowest BCUT2D eigenvalue weighted by Gasteiger charge is -2.37. The first-order valence-electron chi connectivity index (χ1n) is 6.96. The molecule has 3 rings (SSSR count). The molecule has 1 aliphatic rings. The second-order valence-electron chi connectivity index (χ2n) is 5.26. The molecule has 0 spiro atoms. The van der Waals surface area contributed by atoms with Crippen LogP contribution in [0.3, 0.4) is 0 Å². The molecule has 0 saturated heterocycles. The predicted molar refractivity (Wildman–Crippen MR) is 80.7 cm³/mol. The van der Waals surface area contributed by atoms with E-state index >= 15 is 0 Å². The van der Waals surface area contributed by atoms with Crippen LogP contribution in [0.4, 0.5) is 11.4 Å². The summed E-state index contributed by atoms with van der Waals surface area (Å²) < 4.78 is 0. The SMILES string of the molecule is CC1CCc2ccccc2N1c1ccc(CN)cc1. The van der Waals surface area contributed by atoms with Gasteiger partial charge in [0, 0.05) is 24.0 Å². The second-order valence-corrected chi connectivity index (χ2v) is 5.26. The highest BCUT2D eigenvalue weighted by molar-refractivity contribution is 5.68. The van der Waals surface area contributed by atoms with Gasteiger partial charge in [-0.2, -0.15) is 0 Å². The Balaban J connectivity index is 2.02. The molecule has 19 heavy (non-hydrogen) atoms. The lowest BCUT2D eigenvalue weighted by molar-refractivity contribution is 0.618. The van der Waals surface area contributed by atoms with Gasteiger partial charge in [-0.3, -0.25) is 0 Å². The summed E-state index contributed by atoms with van der Waals surface area (Å²) in [6, 6.07) is 17.9. The van der Waals surface area contributed by atoms with Crippen molar-refractivity contribution < 1.29 is 0 Å². The Morgan fingerprint density at radius 1 is 1.11 bits per heavy atom. The fourth-order valence-corrected chi connectivity index (χ4v) is 2.87. The Labute approximate surface area is 114 Å². The summed E-state index contributed by atoms with van der Waals surface area (Å²) in [6.45, 7) is 2.90. The summed E-state index contributed by atoms with van der Waals surface area (Å²) in [6.07, 6.45) is 2.38. The average molecular weight is 252 g/mol. The number of para-hydroxylation sites is 1. The smallest absolute Gasteiger partial charge is 0.0445 e. The first-order chi connectivity index (χ1) is 9.29. The lowest BCUT2D eigenvalue weighted by Crippen LogP contribution is -2.33. The van der Waals surface area contributed by atoms with Gasteiger partial charge in [0.1, 0.15) is 0 Å². The minimum Gasteiger partial charge on any atom is -0.338 e. The van der Waals surface area contributed by atoms with Gasteiger partial charge in [-0.1, -0.05) is 30.3 Å². The molecule has 1 atom stereocenters. The standard InChI is InChI=1S/C17H20N2/c1-13-6-9-15-4-2-3-5-17(15)19(13)16-10-7-14(12-18)8-11-16/h2-5,7-8,10-11,13H,6,9,12,18H2,1H3. The van der Waals surface area contributed by atoms with E-state index in [0.29, 0.717) is 12.6 Å². The molecule has 2 nitrogen and oxygen atoms in total. The highest BCUT2D eigenvalue weighted by Crippen LogP contribution is 2.36. The fourth-order valence-electron chi connectivity index (χ4n) is 2.87. The molecule has 0 aliphatic carbocycles. The summed E-state index contributed by atoms with van der Waals surface area (Å²) in [5.41, 5.74) is 10.9. The molecule has 1 unspecified atom stereocenters. The van der Waals surface area contributed by atoms with E-state index in [-0.39, 0.29) is 0 Å². The molecule has 98 valence electrons. The number of nitrogens with zero attached hydrogens (tertiary/aromatic N) is 1. The van der Waals surface area contributed by atoms with Crippen molar-refractivity contribution in [3.05, 3.63) is 59.7 Å². The number of benzene rings is 2. The van der Waals surface area contributed by atoms with Gasteiger partial charge in [-0.15, -0.1) is 0 Å². The molecule has 2 N–H and O–H groups in total. The van der Waals surface area contributed by atoms with E-state index in [0.717, 1.165) is 0 Å². The fraction of sp³-hybridized carbons (Fsp3) is 0.294. The molecular weight excluding hydrogens is 232 g/mol. The number of rotatable bonds is 2. The van der Waals surface area contributed by atoms with E-state index in [2.05, 4.69) is 60.4 Å². The first-order valence-corrected chi connectivity index (χ1v) is 6.96. The van der Waals surface area contributed by atoms with Crippen molar-refractivity contribution in [2.75, 3.05) is 4.90 Å². The van der Waals surface area contributed by atoms with E-state index < -0.39 is 0 Å². The molecule has 0 bridgehead atoms. The molecule has 1 heterocycles. The largest absolute Gasteiger partial charge is 0.338 e. The maximum Gasteiger partial charge on any atom is 0.0445 e. The number of anilines is 2. The van der Waals surface area contributed by atoms with Crippen LogP contribution in [0.2, 0.25) is 0 Å². The minimum absolute atomic E-state index is 0.540. The average Bonchev–Trinajstić information content (AvgIpc) is 2.47. The molecule has 0 amide bonds. The number of hydrogen-bond acceptors (Lipinski definition) is 2. The Kier molecular flexibility index (Phi) is 3.26. The Hall–Kier alpha value is -1.80. The van der Waals surface area contributed by atoms with Gasteiger partial charge in [0.15, 0.2) is 0 Å². The van der Waals surface area contributed by atoms with Gasteiger partial charge in [0.25, 0.3) is 0 Å². The van der Waals surface area contributed by atoms with Crippen LogP contribution in [-0.4, -0.2) is 6.04 Å². The van der Waals surface area contributed by atoms with Gasteiger partial charge in [0.05, 0.1) is 0 Å². The first kappa shape index (κ1) is 12.2. The second kappa shape index (κ2) is 5.06. The highest BCUT2D eigenvalue weighted by Gasteiger charge is 2.23. The number of aryl methyl sites for hydroxylation is 1. The molecule has 2 aromatic rings. The lowest BCUT2D eigenvalue weighted by atomic mass is 9.96. The van der Waals surface area contributed by atoms with Crippen molar-refractivity contribution in [3.63, 3.8) is 0 Å². The van der Waals surface area contributed by atoms with Gasteiger partial charge >= 0.3 is 0 Å². The van der Waals surface area contributed by atoms with E-state index in [1.54, 1.807) is 0 Å². The van der Waals surface area contributed by atoms with Gasteiger partial charge in [0.2, 0.25) is 0 Å². The molecule has 0 saturated carbocycles. The van der Waals surface area contributed by atoms with Gasteiger partial charge in [-0.25, -0.2) is 0 Å². The van der Waals surface area contributed by atoms with Crippen LogP contribution in [0, 0.1) is 0 Å². The van der Waals surface area contributed by atoms with Gasteiger partial charge in [-0.05, 0) is 49.1 Å². The van der Waals surface area contributed by atoms with Crippen LogP contribution in [0.5, 0.6) is 0 Å². The molecule has 2 aromatic carbocycles. The Bertz CT molecular complexity index is 560. The monoisotopic (exact) mass is 252 g/mol. The minimum atomic E-state index is 0.540. The number of nitrogens with two attached hydrogens (primary N) is 1. The van der Waals surface area contributed by atoms with Crippen molar-refractivity contribution in [2.24, 2.45) is 5.73 Å². The predicted octanol–water partition coefficient (Wildman–Crippen LogP) is 3.62. The zero-order chi connectivity index (χ0) is 13.2. The molecule has 1 aliphatic heterocycles. The maximum absolute atomic E-state index is 5.67. The molecule has 0 fully saturated rings. The summed E-state index contributed by atoms with van der Waals surface area (Å²) in [7, 11) is 0. The van der Waals surface area contributed by atoms with E-state index in [1.165, 1.54) is 35.3 Å². The van der Waals surface area contributed by atoms with E-state index in [1.807, 2.05) is 0 Å². The zero-order valence-electron chi connectivity index (χ0n) is 11.3. The summed E-state index contributed by atoms with van der Waals surface area (Å²) >= 11 is 0. The normalized spacial score (nSPS) is 18.2. The van der Waals surface area contributed by atoms with Crippen LogP contribution in [0.15, 0.2) is 48.5 Å². The maximum atomic E-state index is 5.67. The Morgan fingerprint density at radius 2 is 1.84 bits per heavy atom. The van der Waals surface area contributed by atoms with Crippen molar-refractivity contribution in [1.82, 2.24) is 0 Å². The van der Waals surface area contributed by atoms with Crippen LogP contribution >= 0.6 is 0 Å². The van der Waals surface area contributed by atoms with Crippen molar-refractivity contribution in [1.29, 1.82) is 0 Å². The van der Waals surface area contributed by atoms with Gasteiger partial charge < -0.3 is 10.6 Å². The van der Waals surface area contributed by atoms with Crippen LogP contribution in [-0.2, 0) is 13.0 Å². The van der Waals surface area contributed by atoms with Crippen LogP contribution in [0.25, 0.3) is 0 Å². The summed E-state index contributed by atoms with van der Waals surface area (Å²) in [4.78, 5) is 2.44. The molecule has 2 heteroatoms. The zero-order valence-corrected chi connectivity index (χ0v) is 11.3. The van der Waals surface area contributed by atoms with E-state index in [9.17, 15) is 0 Å². The van der Waals surface area contributed by atoms with Crippen molar-refractivity contribution in [2.45, 2.75) is 32.4 Å². The number of fused-ring (bicyclic) bond motifs is 1. The topological polar surface area (TPSA) is 29.3 Å². The Morgan fingerprint density at radius 3 is 2.58 bits per heavy atom. The highest BCUT2D eigenvalue weighted by atomic mass is 15.2. The quantitative estimate of drug-likeness (QED) is 0.884. The third kappa shape index (κ3) is 2.24. The van der Waals surface area contributed by atoms with Crippen LogP contribution in [0.1, 0.15) is 24.5 Å². The third-order valence-electron chi connectivity index (χ3n) is 3.97. The van der Waals surface area contributed by atoms with Crippen LogP contribution < -0.4 is 10.6 Å². The number of hydrogen-bond donors (Lipinski definition) is 1. The third-order valence-corrected chi connectivity index (χ3v) is 3.97.